The van der Waals surface area contributed by atoms with E-state index in [1.807, 2.05) is 0 Å². The Bertz CT molecular complexity index is 802. The Morgan fingerprint density at radius 2 is 1.86 bits per heavy atom. The van der Waals surface area contributed by atoms with Gasteiger partial charge in [-0.25, -0.2) is 4.39 Å². The highest BCUT2D eigenvalue weighted by atomic mass is 79.9. The number of benzene rings is 2. The molecule has 0 radical (unpaired) electrons. The molecule has 106 valence electrons. The molecule has 3 rings (SSSR count). The Morgan fingerprint density at radius 1 is 1.14 bits per heavy atom. The molecule has 2 aromatic carbocycles. The molecule has 0 saturated heterocycles. The molecule has 0 spiro atoms. The quantitative estimate of drug-likeness (QED) is 0.682. The Labute approximate surface area is 133 Å². The summed E-state index contributed by atoms with van der Waals surface area (Å²) in [6.45, 7) is 0. The molecule has 0 atom stereocenters. The van der Waals surface area contributed by atoms with Crippen molar-refractivity contribution in [3.63, 3.8) is 0 Å². The van der Waals surface area contributed by atoms with E-state index in [9.17, 15) is 4.39 Å². The fourth-order valence-corrected chi connectivity index (χ4v) is 2.54. The lowest BCUT2D eigenvalue weighted by molar-refractivity contribution is 0.433. The van der Waals surface area contributed by atoms with Crippen LogP contribution in [-0.4, -0.2) is 5.16 Å². The Kier molecular flexibility index (Phi) is 3.69. The number of nitrogen functional groups attached to an aromatic ring is 1. The SMILES string of the molecule is Nc1noc(-c2cc(Br)ccc2F)c1-c1ccc(Cl)cc1. The first-order chi connectivity index (χ1) is 10.1. The predicted molar refractivity (Wildman–Crippen MR) is 84.5 cm³/mol. The third-order valence-corrected chi connectivity index (χ3v) is 3.77. The summed E-state index contributed by atoms with van der Waals surface area (Å²) in [5.74, 6) is 0.0740. The van der Waals surface area contributed by atoms with Crippen molar-refractivity contribution < 1.29 is 8.91 Å². The van der Waals surface area contributed by atoms with Crippen molar-refractivity contribution in [1.82, 2.24) is 5.16 Å². The summed E-state index contributed by atoms with van der Waals surface area (Å²) < 4.78 is 20.0. The first kappa shape index (κ1) is 14.1. The lowest BCUT2D eigenvalue weighted by Crippen LogP contribution is -1.90. The lowest BCUT2D eigenvalue weighted by Gasteiger charge is -2.05. The molecule has 1 aromatic heterocycles. The van der Waals surface area contributed by atoms with E-state index in [-0.39, 0.29) is 11.6 Å². The molecule has 0 bridgehead atoms. The maximum absolute atomic E-state index is 14.1. The summed E-state index contributed by atoms with van der Waals surface area (Å²) in [5, 5.41) is 4.35. The highest BCUT2D eigenvalue weighted by Gasteiger charge is 2.20. The molecule has 21 heavy (non-hydrogen) atoms. The maximum atomic E-state index is 14.1. The second-order valence-electron chi connectivity index (χ2n) is 4.40. The van der Waals surface area contributed by atoms with Gasteiger partial charge in [-0.3, -0.25) is 0 Å². The van der Waals surface area contributed by atoms with Gasteiger partial charge in [0.15, 0.2) is 11.6 Å². The van der Waals surface area contributed by atoms with E-state index < -0.39 is 5.82 Å². The fraction of sp³-hybridized carbons (Fsp3) is 0. The number of aromatic nitrogens is 1. The minimum Gasteiger partial charge on any atom is -0.380 e. The summed E-state index contributed by atoms with van der Waals surface area (Å²) in [6.07, 6.45) is 0. The fourth-order valence-electron chi connectivity index (χ4n) is 2.05. The van der Waals surface area contributed by atoms with Crippen LogP contribution < -0.4 is 5.73 Å². The van der Waals surface area contributed by atoms with Gasteiger partial charge in [0.1, 0.15) is 5.82 Å². The van der Waals surface area contributed by atoms with Gasteiger partial charge in [-0.1, -0.05) is 44.8 Å². The van der Waals surface area contributed by atoms with Gasteiger partial charge in [0.2, 0.25) is 0 Å². The molecular weight excluding hydrogens is 359 g/mol. The number of anilines is 1. The van der Waals surface area contributed by atoms with Crippen LogP contribution in [0.2, 0.25) is 5.02 Å². The second kappa shape index (κ2) is 5.50. The number of nitrogens with zero attached hydrogens (tertiary/aromatic N) is 1. The van der Waals surface area contributed by atoms with Gasteiger partial charge >= 0.3 is 0 Å². The summed E-state index contributed by atoms with van der Waals surface area (Å²) in [6, 6.07) is 11.6. The van der Waals surface area contributed by atoms with Crippen LogP contribution in [0, 0.1) is 5.82 Å². The number of hydrogen-bond acceptors (Lipinski definition) is 3. The van der Waals surface area contributed by atoms with Crippen molar-refractivity contribution in [3.05, 3.63) is 57.8 Å². The van der Waals surface area contributed by atoms with E-state index >= 15 is 0 Å². The van der Waals surface area contributed by atoms with Gasteiger partial charge in [0, 0.05) is 9.50 Å². The maximum Gasteiger partial charge on any atom is 0.179 e. The molecule has 0 amide bonds. The largest absolute Gasteiger partial charge is 0.380 e. The molecule has 2 N–H and O–H groups in total. The molecule has 3 aromatic rings. The van der Waals surface area contributed by atoms with Gasteiger partial charge in [-0.15, -0.1) is 0 Å². The minimum absolute atomic E-state index is 0.201. The molecule has 6 heteroatoms. The highest BCUT2D eigenvalue weighted by molar-refractivity contribution is 9.10. The summed E-state index contributed by atoms with van der Waals surface area (Å²) >= 11 is 9.19. The molecule has 0 unspecified atom stereocenters. The minimum atomic E-state index is -0.412. The number of nitrogens with two attached hydrogens (primary N) is 1. The van der Waals surface area contributed by atoms with Crippen molar-refractivity contribution in [3.8, 4) is 22.5 Å². The van der Waals surface area contributed by atoms with Gasteiger partial charge in [0.05, 0.1) is 11.1 Å². The molecule has 0 aliphatic rings. The zero-order valence-electron chi connectivity index (χ0n) is 10.6. The van der Waals surface area contributed by atoms with Crippen molar-refractivity contribution >= 4 is 33.3 Å². The first-order valence-corrected chi connectivity index (χ1v) is 7.20. The van der Waals surface area contributed by atoms with Gasteiger partial charge < -0.3 is 10.3 Å². The van der Waals surface area contributed by atoms with E-state index in [1.54, 1.807) is 36.4 Å². The third kappa shape index (κ3) is 2.66. The molecule has 1 heterocycles. The Morgan fingerprint density at radius 3 is 2.57 bits per heavy atom. The zero-order chi connectivity index (χ0) is 15.0. The van der Waals surface area contributed by atoms with E-state index in [0.717, 1.165) is 10.0 Å². The molecular formula is C15H9BrClFN2O. The second-order valence-corrected chi connectivity index (χ2v) is 5.76. The van der Waals surface area contributed by atoms with Crippen LogP contribution in [0.1, 0.15) is 0 Å². The first-order valence-electron chi connectivity index (χ1n) is 6.03. The van der Waals surface area contributed by atoms with Crippen LogP contribution in [0.15, 0.2) is 51.5 Å². The summed E-state index contributed by atoms with van der Waals surface area (Å²) in [5.41, 5.74) is 7.46. The lowest BCUT2D eigenvalue weighted by atomic mass is 10.0. The van der Waals surface area contributed by atoms with Crippen LogP contribution in [0.25, 0.3) is 22.5 Å². The topological polar surface area (TPSA) is 52.0 Å². The van der Waals surface area contributed by atoms with Gasteiger partial charge in [0.25, 0.3) is 0 Å². The summed E-state index contributed by atoms with van der Waals surface area (Å²) in [7, 11) is 0. The Hall–Kier alpha value is -1.85. The van der Waals surface area contributed by atoms with Crippen molar-refractivity contribution in [1.29, 1.82) is 0 Å². The van der Waals surface area contributed by atoms with Gasteiger partial charge in [-0.05, 0) is 35.9 Å². The van der Waals surface area contributed by atoms with Crippen molar-refractivity contribution in [2.45, 2.75) is 0 Å². The van der Waals surface area contributed by atoms with E-state index in [1.165, 1.54) is 6.07 Å². The molecule has 0 saturated carbocycles. The molecule has 0 aliphatic carbocycles. The molecule has 3 nitrogen and oxygen atoms in total. The standard InChI is InChI=1S/C15H9BrClFN2O/c16-9-3-6-12(18)11(7-9)14-13(15(19)20-21-14)8-1-4-10(17)5-2-8/h1-7H,(H2,19,20). The predicted octanol–water partition coefficient (Wildman–Crippen LogP) is 5.15. The third-order valence-electron chi connectivity index (χ3n) is 3.02. The Balaban J connectivity index is 2.21. The average Bonchev–Trinajstić information content (AvgIpc) is 2.84. The van der Waals surface area contributed by atoms with E-state index in [4.69, 9.17) is 21.9 Å². The molecule has 0 fully saturated rings. The normalized spacial score (nSPS) is 10.8. The highest BCUT2D eigenvalue weighted by Crippen LogP contribution is 2.38. The van der Waals surface area contributed by atoms with Crippen LogP contribution in [0.3, 0.4) is 0 Å². The monoisotopic (exact) mass is 366 g/mol. The molecule has 0 aliphatic heterocycles. The number of hydrogen-bond donors (Lipinski definition) is 1. The van der Waals surface area contributed by atoms with Crippen LogP contribution in [0.4, 0.5) is 10.2 Å². The zero-order valence-corrected chi connectivity index (χ0v) is 13.0. The van der Waals surface area contributed by atoms with Crippen molar-refractivity contribution in [2.24, 2.45) is 0 Å². The van der Waals surface area contributed by atoms with E-state index in [0.29, 0.717) is 16.1 Å². The smallest absolute Gasteiger partial charge is 0.179 e. The summed E-state index contributed by atoms with van der Waals surface area (Å²) in [4.78, 5) is 0. The number of rotatable bonds is 2. The average molecular weight is 368 g/mol. The van der Waals surface area contributed by atoms with E-state index in [2.05, 4.69) is 21.1 Å². The van der Waals surface area contributed by atoms with Crippen LogP contribution >= 0.6 is 27.5 Å². The van der Waals surface area contributed by atoms with Crippen LogP contribution in [-0.2, 0) is 0 Å². The number of halogens is 3. The van der Waals surface area contributed by atoms with Crippen LogP contribution in [0.5, 0.6) is 0 Å². The van der Waals surface area contributed by atoms with Gasteiger partial charge in [-0.2, -0.15) is 0 Å². The van der Waals surface area contributed by atoms with Crippen molar-refractivity contribution in [2.75, 3.05) is 5.73 Å².